The summed E-state index contributed by atoms with van der Waals surface area (Å²) >= 11 is 0. The van der Waals surface area contributed by atoms with E-state index in [0.29, 0.717) is 17.8 Å². The molecule has 0 spiro atoms. The van der Waals surface area contributed by atoms with E-state index in [2.05, 4.69) is 5.32 Å². The summed E-state index contributed by atoms with van der Waals surface area (Å²) in [6, 6.07) is 14.8. The SMILES string of the molecule is CCc1ccccc1NC(=O)CN(c1ccccc1CC)S(C)(=O)=O. The number of para-hydroxylation sites is 2. The lowest BCUT2D eigenvalue weighted by atomic mass is 10.1. The molecular weight excluding hydrogens is 336 g/mol. The van der Waals surface area contributed by atoms with Gasteiger partial charge in [0.05, 0.1) is 11.9 Å². The summed E-state index contributed by atoms with van der Waals surface area (Å²) in [5, 5.41) is 2.83. The van der Waals surface area contributed by atoms with Gasteiger partial charge < -0.3 is 5.32 Å². The van der Waals surface area contributed by atoms with Crippen LogP contribution in [0.1, 0.15) is 25.0 Å². The van der Waals surface area contributed by atoms with Crippen molar-refractivity contribution in [1.82, 2.24) is 0 Å². The van der Waals surface area contributed by atoms with Crippen molar-refractivity contribution in [2.24, 2.45) is 0 Å². The molecule has 6 heteroatoms. The van der Waals surface area contributed by atoms with Crippen LogP contribution in [0.5, 0.6) is 0 Å². The minimum absolute atomic E-state index is 0.256. The van der Waals surface area contributed by atoms with Gasteiger partial charge in [-0.2, -0.15) is 0 Å². The van der Waals surface area contributed by atoms with Gasteiger partial charge in [-0.25, -0.2) is 8.42 Å². The van der Waals surface area contributed by atoms with Crippen LogP contribution in [0.15, 0.2) is 48.5 Å². The number of sulfonamides is 1. The number of carbonyl (C=O) groups excluding carboxylic acids is 1. The number of hydrogen-bond acceptors (Lipinski definition) is 3. The van der Waals surface area contributed by atoms with Gasteiger partial charge in [0, 0.05) is 5.69 Å². The summed E-state index contributed by atoms with van der Waals surface area (Å²) in [5.41, 5.74) is 3.16. The van der Waals surface area contributed by atoms with Crippen molar-refractivity contribution in [3.63, 3.8) is 0 Å². The summed E-state index contributed by atoms with van der Waals surface area (Å²) in [7, 11) is -3.58. The van der Waals surface area contributed by atoms with Crippen molar-refractivity contribution in [3.05, 3.63) is 59.7 Å². The molecule has 2 aromatic carbocycles. The Balaban J connectivity index is 2.28. The van der Waals surface area contributed by atoms with Gasteiger partial charge in [0.25, 0.3) is 0 Å². The second kappa shape index (κ2) is 8.16. The Morgan fingerprint density at radius 1 is 0.960 bits per heavy atom. The quantitative estimate of drug-likeness (QED) is 0.824. The number of rotatable bonds is 7. The van der Waals surface area contributed by atoms with Crippen LogP contribution in [0, 0.1) is 0 Å². The van der Waals surface area contributed by atoms with Gasteiger partial charge in [-0.1, -0.05) is 50.2 Å². The van der Waals surface area contributed by atoms with Crippen LogP contribution in [0.2, 0.25) is 0 Å². The van der Waals surface area contributed by atoms with E-state index in [1.165, 1.54) is 0 Å². The van der Waals surface area contributed by atoms with Crippen molar-refractivity contribution < 1.29 is 13.2 Å². The molecule has 0 fully saturated rings. The highest BCUT2D eigenvalue weighted by Crippen LogP contribution is 2.23. The van der Waals surface area contributed by atoms with E-state index >= 15 is 0 Å². The molecule has 0 atom stereocenters. The summed E-state index contributed by atoms with van der Waals surface area (Å²) in [5.74, 6) is -0.364. The van der Waals surface area contributed by atoms with Crippen LogP contribution in [0.4, 0.5) is 11.4 Å². The van der Waals surface area contributed by atoms with Crippen molar-refractivity contribution >= 4 is 27.3 Å². The first-order valence-electron chi connectivity index (χ1n) is 8.30. The fraction of sp³-hybridized carbons (Fsp3) is 0.316. The van der Waals surface area contributed by atoms with Gasteiger partial charge in [-0.15, -0.1) is 0 Å². The van der Waals surface area contributed by atoms with Crippen LogP contribution < -0.4 is 9.62 Å². The molecule has 25 heavy (non-hydrogen) atoms. The fourth-order valence-corrected chi connectivity index (χ4v) is 3.59. The Labute approximate surface area is 149 Å². The van der Waals surface area contributed by atoms with E-state index in [1.54, 1.807) is 12.1 Å². The standard InChI is InChI=1S/C19H24N2O3S/c1-4-15-10-6-8-12-17(15)20-19(22)14-21(25(3,23)24)18-13-9-7-11-16(18)5-2/h6-13H,4-5,14H2,1-3H3,(H,20,22). The van der Waals surface area contributed by atoms with Crippen LogP contribution in [-0.2, 0) is 27.7 Å². The van der Waals surface area contributed by atoms with Crippen LogP contribution >= 0.6 is 0 Å². The zero-order valence-electron chi connectivity index (χ0n) is 14.8. The summed E-state index contributed by atoms with van der Waals surface area (Å²) in [6.07, 6.45) is 2.58. The van der Waals surface area contributed by atoms with Crippen LogP contribution in [0.25, 0.3) is 0 Å². The third-order valence-electron chi connectivity index (χ3n) is 4.00. The highest BCUT2D eigenvalue weighted by Gasteiger charge is 2.23. The Bertz CT molecular complexity index is 847. The number of anilines is 2. The third-order valence-corrected chi connectivity index (χ3v) is 5.13. The van der Waals surface area contributed by atoms with Crippen molar-refractivity contribution in [2.45, 2.75) is 26.7 Å². The number of nitrogens with zero attached hydrogens (tertiary/aromatic N) is 1. The molecule has 0 saturated carbocycles. The molecule has 0 aliphatic carbocycles. The van der Waals surface area contributed by atoms with E-state index < -0.39 is 10.0 Å². The first-order valence-corrected chi connectivity index (χ1v) is 10.1. The highest BCUT2D eigenvalue weighted by molar-refractivity contribution is 7.92. The van der Waals surface area contributed by atoms with Gasteiger partial charge >= 0.3 is 0 Å². The Hall–Kier alpha value is -2.34. The predicted molar refractivity (Wildman–Crippen MR) is 102 cm³/mol. The minimum Gasteiger partial charge on any atom is -0.324 e. The van der Waals surface area contributed by atoms with Crippen molar-refractivity contribution in [1.29, 1.82) is 0 Å². The smallest absolute Gasteiger partial charge is 0.245 e. The predicted octanol–water partition coefficient (Wildman–Crippen LogP) is 3.22. The monoisotopic (exact) mass is 360 g/mol. The molecule has 134 valence electrons. The molecule has 0 saturated heterocycles. The van der Waals surface area contributed by atoms with Crippen molar-refractivity contribution in [3.8, 4) is 0 Å². The Morgan fingerprint density at radius 2 is 1.52 bits per heavy atom. The number of benzene rings is 2. The summed E-state index contributed by atoms with van der Waals surface area (Å²) < 4.78 is 25.7. The molecule has 0 aliphatic heterocycles. The molecule has 0 heterocycles. The van der Waals surface area contributed by atoms with E-state index in [1.807, 2.05) is 50.2 Å². The molecule has 0 unspecified atom stereocenters. The topological polar surface area (TPSA) is 66.5 Å². The number of aryl methyl sites for hydroxylation is 2. The molecule has 1 N–H and O–H groups in total. The molecule has 2 aromatic rings. The van der Waals surface area contributed by atoms with Gasteiger partial charge in [0.2, 0.25) is 15.9 Å². The zero-order valence-corrected chi connectivity index (χ0v) is 15.6. The average molecular weight is 360 g/mol. The first-order chi connectivity index (χ1) is 11.9. The van der Waals surface area contributed by atoms with E-state index in [4.69, 9.17) is 0 Å². The second-order valence-corrected chi connectivity index (χ2v) is 7.72. The molecule has 1 amide bonds. The van der Waals surface area contributed by atoms with E-state index in [0.717, 1.165) is 28.1 Å². The van der Waals surface area contributed by atoms with Gasteiger partial charge in [0.15, 0.2) is 0 Å². The molecule has 5 nitrogen and oxygen atoms in total. The minimum atomic E-state index is -3.58. The lowest BCUT2D eigenvalue weighted by Gasteiger charge is -2.24. The maximum Gasteiger partial charge on any atom is 0.245 e. The first kappa shape index (κ1) is 19.0. The fourth-order valence-electron chi connectivity index (χ4n) is 2.70. The Morgan fingerprint density at radius 3 is 2.12 bits per heavy atom. The van der Waals surface area contributed by atoms with Crippen molar-refractivity contribution in [2.75, 3.05) is 22.4 Å². The normalized spacial score (nSPS) is 11.2. The van der Waals surface area contributed by atoms with Crippen LogP contribution in [0.3, 0.4) is 0 Å². The lowest BCUT2D eigenvalue weighted by molar-refractivity contribution is -0.114. The molecule has 0 bridgehead atoms. The molecular formula is C19H24N2O3S. The van der Waals surface area contributed by atoms with E-state index in [9.17, 15) is 13.2 Å². The Kier molecular flexibility index (Phi) is 6.20. The molecule has 2 rings (SSSR count). The summed E-state index contributed by atoms with van der Waals surface area (Å²) in [4.78, 5) is 12.5. The second-order valence-electron chi connectivity index (χ2n) is 5.81. The maximum atomic E-state index is 12.5. The number of amides is 1. The van der Waals surface area contributed by atoms with Gasteiger partial charge in [-0.3, -0.25) is 9.10 Å². The average Bonchev–Trinajstić information content (AvgIpc) is 2.59. The molecule has 0 aliphatic rings. The maximum absolute atomic E-state index is 12.5. The largest absolute Gasteiger partial charge is 0.324 e. The zero-order chi connectivity index (χ0) is 18.4. The lowest BCUT2D eigenvalue weighted by Crippen LogP contribution is -2.38. The number of hydrogen-bond donors (Lipinski definition) is 1. The van der Waals surface area contributed by atoms with Gasteiger partial charge in [-0.05, 0) is 36.1 Å². The third kappa shape index (κ3) is 4.82. The number of nitrogens with one attached hydrogen (secondary N) is 1. The molecule has 0 aromatic heterocycles. The highest BCUT2D eigenvalue weighted by atomic mass is 32.2. The van der Waals surface area contributed by atoms with E-state index in [-0.39, 0.29) is 12.5 Å². The summed E-state index contributed by atoms with van der Waals surface area (Å²) in [6.45, 7) is 3.70. The molecule has 0 radical (unpaired) electrons. The van der Waals surface area contributed by atoms with Gasteiger partial charge in [0.1, 0.15) is 6.54 Å². The van der Waals surface area contributed by atoms with Crippen LogP contribution in [-0.4, -0.2) is 27.1 Å². The number of carbonyl (C=O) groups is 1.